The molecule has 0 radical (unpaired) electrons. The first kappa shape index (κ1) is 11.5. The van der Waals surface area contributed by atoms with Crippen molar-refractivity contribution in [2.45, 2.75) is 32.7 Å². The number of hydrogen-bond acceptors (Lipinski definition) is 2. The standard InChI is InChI=1S/C14H22N2/c1-2-9-16(11-12-7-8-12)14-6-4-3-5-13(14)10-15/h3-6,12H,2,7-11,15H2,1H3. The lowest BCUT2D eigenvalue weighted by Crippen LogP contribution is -2.27. The summed E-state index contributed by atoms with van der Waals surface area (Å²) >= 11 is 0. The first-order valence-electron chi connectivity index (χ1n) is 6.38. The van der Waals surface area contributed by atoms with E-state index in [2.05, 4.69) is 36.1 Å². The van der Waals surface area contributed by atoms with Crippen molar-refractivity contribution in [1.29, 1.82) is 0 Å². The van der Waals surface area contributed by atoms with E-state index in [0.717, 1.165) is 12.5 Å². The molecule has 1 fully saturated rings. The molecule has 1 aromatic rings. The number of nitrogens with zero attached hydrogens (tertiary/aromatic N) is 1. The third-order valence-corrected chi connectivity index (χ3v) is 3.22. The topological polar surface area (TPSA) is 29.3 Å². The maximum absolute atomic E-state index is 5.80. The first-order chi connectivity index (χ1) is 7.85. The van der Waals surface area contributed by atoms with Crippen molar-refractivity contribution >= 4 is 5.69 Å². The SMILES string of the molecule is CCCN(CC1CC1)c1ccccc1CN. The molecule has 0 saturated heterocycles. The Bertz CT molecular complexity index is 331. The van der Waals surface area contributed by atoms with Gasteiger partial charge in [-0.2, -0.15) is 0 Å². The van der Waals surface area contributed by atoms with Crippen LogP contribution < -0.4 is 10.6 Å². The second-order valence-corrected chi connectivity index (χ2v) is 4.72. The van der Waals surface area contributed by atoms with E-state index >= 15 is 0 Å². The van der Waals surface area contributed by atoms with E-state index in [0.29, 0.717) is 6.54 Å². The zero-order valence-corrected chi connectivity index (χ0v) is 10.2. The predicted octanol–water partition coefficient (Wildman–Crippen LogP) is 2.77. The zero-order chi connectivity index (χ0) is 11.4. The van der Waals surface area contributed by atoms with Gasteiger partial charge in [-0.3, -0.25) is 0 Å². The predicted molar refractivity (Wildman–Crippen MR) is 69.6 cm³/mol. The average molecular weight is 218 g/mol. The van der Waals surface area contributed by atoms with Crippen LogP contribution in [0.1, 0.15) is 31.7 Å². The molecule has 0 heterocycles. The molecule has 1 aliphatic rings. The van der Waals surface area contributed by atoms with Crippen molar-refractivity contribution in [2.24, 2.45) is 11.7 Å². The Morgan fingerprint density at radius 1 is 1.31 bits per heavy atom. The fourth-order valence-corrected chi connectivity index (χ4v) is 2.18. The monoisotopic (exact) mass is 218 g/mol. The third-order valence-electron chi connectivity index (χ3n) is 3.22. The summed E-state index contributed by atoms with van der Waals surface area (Å²) in [5.74, 6) is 0.928. The third kappa shape index (κ3) is 2.76. The number of benzene rings is 1. The minimum Gasteiger partial charge on any atom is -0.371 e. The first-order valence-corrected chi connectivity index (χ1v) is 6.38. The number of para-hydroxylation sites is 1. The van der Waals surface area contributed by atoms with Crippen LogP contribution in [0.15, 0.2) is 24.3 Å². The minimum atomic E-state index is 0.640. The molecule has 16 heavy (non-hydrogen) atoms. The van der Waals surface area contributed by atoms with Crippen molar-refractivity contribution in [3.05, 3.63) is 29.8 Å². The molecule has 1 saturated carbocycles. The molecule has 0 atom stereocenters. The van der Waals surface area contributed by atoms with Crippen LogP contribution in [-0.4, -0.2) is 13.1 Å². The molecule has 0 amide bonds. The molecule has 0 spiro atoms. The summed E-state index contributed by atoms with van der Waals surface area (Å²) in [6.45, 7) is 5.24. The lowest BCUT2D eigenvalue weighted by atomic mass is 10.1. The summed E-state index contributed by atoms with van der Waals surface area (Å²) in [6, 6.07) is 8.54. The molecule has 1 aliphatic carbocycles. The Labute approximate surface area is 98.4 Å². The summed E-state index contributed by atoms with van der Waals surface area (Å²) in [7, 11) is 0. The van der Waals surface area contributed by atoms with Crippen LogP contribution >= 0.6 is 0 Å². The highest BCUT2D eigenvalue weighted by Gasteiger charge is 2.24. The molecule has 0 unspecified atom stereocenters. The summed E-state index contributed by atoms with van der Waals surface area (Å²) in [4.78, 5) is 2.51. The van der Waals surface area contributed by atoms with Gasteiger partial charge in [0.2, 0.25) is 0 Å². The molecule has 0 aromatic heterocycles. The van der Waals surface area contributed by atoms with Crippen molar-refractivity contribution in [1.82, 2.24) is 0 Å². The number of anilines is 1. The molecule has 88 valence electrons. The fraction of sp³-hybridized carbons (Fsp3) is 0.571. The van der Waals surface area contributed by atoms with Crippen LogP contribution in [0, 0.1) is 5.92 Å². The molecule has 2 nitrogen and oxygen atoms in total. The fourth-order valence-electron chi connectivity index (χ4n) is 2.18. The van der Waals surface area contributed by atoms with Gasteiger partial charge >= 0.3 is 0 Å². The van der Waals surface area contributed by atoms with Crippen LogP contribution in [0.5, 0.6) is 0 Å². The molecule has 1 aromatic carbocycles. The van der Waals surface area contributed by atoms with E-state index in [9.17, 15) is 0 Å². The lowest BCUT2D eigenvalue weighted by molar-refractivity contribution is 0.704. The second-order valence-electron chi connectivity index (χ2n) is 4.72. The molecular weight excluding hydrogens is 196 g/mol. The van der Waals surface area contributed by atoms with Crippen LogP contribution in [0.2, 0.25) is 0 Å². The summed E-state index contributed by atoms with van der Waals surface area (Å²) < 4.78 is 0. The Hall–Kier alpha value is -1.02. The van der Waals surface area contributed by atoms with Gasteiger partial charge < -0.3 is 10.6 Å². The maximum atomic E-state index is 5.80. The second kappa shape index (κ2) is 5.35. The van der Waals surface area contributed by atoms with Gasteiger partial charge in [-0.05, 0) is 36.8 Å². The Morgan fingerprint density at radius 2 is 2.06 bits per heavy atom. The number of hydrogen-bond donors (Lipinski definition) is 1. The largest absolute Gasteiger partial charge is 0.371 e. The quantitative estimate of drug-likeness (QED) is 0.795. The number of nitrogens with two attached hydrogens (primary N) is 1. The Balaban J connectivity index is 2.14. The normalized spacial score (nSPS) is 15.1. The molecule has 2 N–H and O–H groups in total. The Morgan fingerprint density at radius 3 is 2.69 bits per heavy atom. The molecule has 2 rings (SSSR count). The summed E-state index contributed by atoms with van der Waals surface area (Å²) in [5.41, 5.74) is 8.43. The van der Waals surface area contributed by atoms with Crippen molar-refractivity contribution < 1.29 is 0 Å². The van der Waals surface area contributed by atoms with Crippen molar-refractivity contribution in [2.75, 3.05) is 18.0 Å². The van der Waals surface area contributed by atoms with E-state index in [1.165, 1.54) is 37.1 Å². The van der Waals surface area contributed by atoms with Gasteiger partial charge in [-0.15, -0.1) is 0 Å². The zero-order valence-electron chi connectivity index (χ0n) is 10.2. The van der Waals surface area contributed by atoms with Crippen molar-refractivity contribution in [3.8, 4) is 0 Å². The van der Waals surface area contributed by atoms with Gasteiger partial charge in [-0.1, -0.05) is 25.1 Å². The molecular formula is C14H22N2. The number of rotatable bonds is 6. The van der Waals surface area contributed by atoms with E-state index in [-0.39, 0.29) is 0 Å². The van der Waals surface area contributed by atoms with Crippen LogP contribution in [0.25, 0.3) is 0 Å². The van der Waals surface area contributed by atoms with Crippen LogP contribution in [-0.2, 0) is 6.54 Å². The van der Waals surface area contributed by atoms with Gasteiger partial charge in [0.15, 0.2) is 0 Å². The van der Waals surface area contributed by atoms with Gasteiger partial charge in [-0.25, -0.2) is 0 Å². The van der Waals surface area contributed by atoms with E-state index < -0.39 is 0 Å². The van der Waals surface area contributed by atoms with E-state index in [1.54, 1.807) is 0 Å². The molecule has 0 bridgehead atoms. The minimum absolute atomic E-state index is 0.640. The van der Waals surface area contributed by atoms with E-state index in [1.807, 2.05) is 0 Å². The van der Waals surface area contributed by atoms with Crippen LogP contribution in [0.3, 0.4) is 0 Å². The maximum Gasteiger partial charge on any atom is 0.0411 e. The molecule has 0 aliphatic heterocycles. The lowest BCUT2D eigenvalue weighted by Gasteiger charge is -2.26. The highest BCUT2D eigenvalue weighted by molar-refractivity contribution is 5.53. The highest BCUT2D eigenvalue weighted by atomic mass is 15.1. The highest BCUT2D eigenvalue weighted by Crippen LogP contribution is 2.32. The smallest absolute Gasteiger partial charge is 0.0411 e. The van der Waals surface area contributed by atoms with Crippen molar-refractivity contribution in [3.63, 3.8) is 0 Å². The van der Waals surface area contributed by atoms with Crippen LogP contribution in [0.4, 0.5) is 5.69 Å². The van der Waals surface area contributed by atoms with Gasteiger partial charge in [0, 0.05) is 25.3 Å². The van der Waals surface area contributed by atoms with E-state index in [4.69, 9.17) is 5.73 Å². The molecule has 2 heteroatoms. The summed E-state index contributed by atoms with van der Waals surface area (Å²) in [5, 5.41) is 0. The summed E-state index contributed by atoms with van der Waals surface area (Å²) in [6.07, 6.45) is 4.02. The van der Waals surface area contributed by atoms with Gasteiger partial charge in [0.1, 0.15) is 0 Å². The Kier molecular flexibility index (Phi) is 3.83. The van der Waals surface area contributed by atoms with Gasteiger partial charge in [0.25, 0.3) is 0 Å². The average Bonchev–Trinajstić information content (AvgIpc) is 3.12. The van der Waals surface area contributed by atoms with Gasteiger partial charge in [0.05, 0.1) is 0 Å².